The van der Waals surface area contributed by atoms with Crippen LogP contribution in [0.3, 0.4) is 0 Å². The summed E-state index contributed by atoms with van der Waals surface area (Å²) < 4.78 is 0. The maximum Gasteiger partial charge on any atom is 0.0300 e. The number of benzene rings is 2. The highest BCUT2D eigenvalue weighted by atomic mass is 14.9. The average molecular weight is 267 g/mol. The van der Waals surface area contributed by atoms with Crippen LogP contribution in [-0.2, 0) is 0 Å². The summed E-state index contributed by atoms with van der Waals surface area (Å²) in [5.41, 5.74) is 6.80. The minimum atomic E-state index is 0.351. The molecular weight excluding hydrogens is 242 g/mol. The topological polar surface area (TPSA) is 12.0 Å². The van der Waals surface area contributed by atoms with E-state index in [-0.39, 0.29) is 0 Å². The first-order valence-corrected chi connectivity index (χ1v) is 7.37. The second kappa shape index (κ2) is 6.23. The van der Waals surface area contributed by atoms with Gasteiger partial charge in [-0.15, -0.1) is 0 Å². The highest BCUT2D eigenvalue weighted by Gasteiger charge is 2.14. The Labute approximate surface area is 123 Å². The van der Waals surface area contributed by atoms with Crippen LogP contribution in [0.25, 0.3) is 0 Å². The fraction of sp³-hybridized carbons (Fsp3) is 0.368. The molecule has 1 N–H and O–H groups in total. The van der Waals surface area contributed by atoms with E-state index in [4.69, 9.17) is 0 Å². The molecule has 2 rings (SSSR count). The predicted octanol–water partition coefficient (Wildman–Crippen LogP) is 5.02. The van der Waals surface area contributed by atoms with E-state index >= 15 is 0 Å². The lowest BCUT2D eigenvalue weighted by atomic mass is 9.97. The van der Waals surface area contributed by atoms with E-state index < -0.39 is 0 Å². The molecule has 2 aromatic rings. The smallest absolute Gasteiger partial charge is 0.0300 e. The van der Waals surface area contributed by atoms with Crippen LogP contribution in [0.5, 0.6) is 0 Å². The third-order valence-electron chi connectivity index (χ3n) is 4.06. The lowest BCUT2D eigenvalue weighted by Gasteiger charge is -2.23. The van der Waals surface area contributed by atoms with Crippen molar-refractivity contribution in [2.24, 2.45) is 0 Å². The highest BCUT2D eigenvalue weighted by molar-refractivity contribution is 5.33. The zero-order valence-electron chi connectivity index (χ0n) is 13.2. The summed E-state index contributed by atoms with van der Waals surface area (Å²) in [6.45, 7) is 11.0. The molecule has 20 heavy (non-hydrogen) atoms. The van der Waals surface area contributed by atoms with E-state index in [1.807, 2.05) is 0 Å². The molecule has 106 valence electrons. The van der Waals surface area contributed by atoms with Crippen LogP contribution in [0.15, 0.2) is 42.5 Å². The highest BCUT2D eigenvalue weighted by Crippen LogP contribution is 2.24. The Kier molecular flexibility index (Phi) is 4.61. The van der Waals surface area contributed by atoms with Crippen LogP contribution >= 0.6 is 0 Å². The lowest BCUT2D eigenvalue weighted by Crippen LogP contribution is -2.23. The largest absolute Gasteiger partial charge is 0.304 e. The van der Waals surface area contributed by atoms with Crippen molar-refractivity contribution in [2.75, 3.05) is 0 Å². The molecule has 0 radical (unpaired) electrons. The molecule has 2 aromatic carbocycles. The fourth-order valence-corrected chi connectivity index (χ4v) is 2.85. The summed E-state index contributed by atoms with van der Waals surface area (Å²) in [5.74, 6) is 0. The Morgan fingerprint density at radius 3 is 2.05 bits per heavy atom. The molecule has 2 unspecified atom stereocenters. The minimum Gasteiger partial charge on any atom is -0.304 e. The van der Waals surface area contributed by atoms with Gasteiger partial charge in [0, 0.05) is 12.1 Å². The molecule has 2 atom stereocenters. The molecule has 1 nitrogen and oxygen atoms in total. The lowest BCUT2D eigenvalue weighted by molar-refractivity contribution is 0.491. The van der Waals surface area contributed by atoms with Gasteiger partial charge in [0.2, 0.25) is 0 Å². The standard InChI is InChI=1S/C19H25N/c1-13-10-11-15(3)19(12-13)17(5)20-16(4)18-9-7-6-8-14(18)2/h6-12,16-17,20H,1-5H3. The number of hydrogen-bond acceptors (Lipinski definition) is 1. The van der Waals surface area contributed by atoms with Gasteiger partial charge in [0.1, 0.15) is 0 Å². The van der Waals surface area contributed by atoms with Crippen molar-refractivity contribution in [2.45, 2.75) is 46.7 Å². The predicted molar refractivity (Wildman–Crippen MR) is 87.1 cm³/mol. The van der Waals surface area contributed by atoms with Crippen molar-refractivity contribution in [3.63, 3.8) is 0 Å². The van der Waals surface area contributed by atoms with Crippen molar-refractivity contribution in [3.8, 4) is 0 Å². The van der Waals surface area contributed by atoms with E-state index in [9.17, 15) is 0 Å². The van der Waals surface area contributed by atoms with Crippen LogP contribution in [0, 0.1) is 20.8 Å². The normalized spacial score (nSPS) is 14.1. The summed E-state index contributed by atoms with van der Waals surface area (Å²) >= 11 is 0. The Morgan fingerprint density at radius 2 is 1.35 bits per heavy atom. The van der Waals surface area contributed by atoms with E-state index in [2.05, 4.69) is 82.4 Å². The maximum atomic E-state index is 3.72. The van der Waals surface area contributed by atoms with Crippen molar-refractivity contribution < 1.29 is 0 Å². The van der Waals surface area contributed by atoms with Crippen LogP contribution in [0.4, 0.5) is 0 Å². The second-order valence-corrected chi connectivity index (χ2v) is 5.83. The molecule has 0 fully saturated rings. The van der Waals surface area contributed by atoms with Gasteiger partial charge in [0.15, 0.2) is 0 Å². The van der Waals surface area contributed by atoms with Crippen molar-refractivity contribution in [3.05, 3.63) is 70.3 Å². The van der Waals surface area contributed by atoms with Gasteiger partial charge in [-0.25, -0.2) is 0 Å². The van der Waals surface area contributed by atoms with Crippen LogP contribution in [-0.4, -0.2) is 0 Å². The molecular formula is C19H25N. The summed E-state index contributed by atoms with van der Waals surface area (Å²) in [5, 5.41) is 3.72. The average Bonchev–Trinajstić information content (AvgIpc) is 2.41. The molecule has 0 aliphatic heterocycles. The first-order valence-electron chi connectivity index (χ1n) is 7.37. The summed E-state index contributed by atoms with van der Waals surface area (Å²) in [4.78, 5) is 0. The van der Waals surface area contributed by atoms with Gasteiger partial charge in [0.25, 0.3) is 0 Å². The zero-order chi connectivity index (χ0) is 14.7. The van der Waals surface area contributed by atoms with Gasteiger partial charge >= 0.3 is 0 Å². The first-order chi connectivity index (χ1) is 9.49. The molecule has 0 aliphatic rings. The number of hydrogen-bond donors (Lipinski definition) is 1. The van der Waals surface area contributed by atoms with Gasteiger partial charge < -0.3 is 5.32 Å². The van der Waals surface area contributed by atoms with E-state index in [1.165, 1.54) is 27.8 Å². The van der Waals surface area contributed by atoms with Crippen molar-refractivity contribution in [1.82, 2.24) is 5.32 Å². The monoisotopic (exact) mass is 267 g/mol. The third-order valence-corrected chi connectivity index (χ3v) is 4.06. The second-order valence-electron chi connectivity index (χ2n) is 5.83. The molecule has 0 amide bonds. The molecule has 0 heterocycles. The molecule has 0 bridgehead atoms. The molecule has 0 spiro atoms. The van der Waals surface area contributed by atoms with E-state index in [0.717, 1.165) is 0 Å². The Bertz CT molecular complexity index is 586. The quantitative estimate of drug-likeness (QED) is 0.819. The molecule has 0 saturated carbocycles. The Morgan fingerprint density at radius 1 is 0.750 bits per heavy atom. The number of rotatable bonds is 4. The number of nitrogens with one attached hydrogen (secondary N) is 1. The minimum absolute atomic E-state index is 0.351. The zero-order valence-corrected chi connectivity index (χ0v) is 13.2. The molecule has 0 saturated heterocycles. The van der Waals surface area contributed by atoms with Crippen LogP contribution in [0.1, 0.15) is 53.7 Å². The van der Waals surface area contributed by atoms with Gasteiger partial charge in [-0.3, -0.25) is 0 Å². The molecule has 0 aliphatic carbocycles. The third kappa shape index (κ3) is 3.29. The fourth-order valence-electron chi connectivity index (χ4n) is 2.85. The Balaban J connectivity index is 2.17. The van der Waals surface area contributed by atoms with E-state index in [0.29, 0.717) is 12.1 Å². The summed E-state index contributed by atoms with van der Waals surface area (Å²) in [7, 11) is 0. The summed E-state index contributed by atoms with van der Waals surface area (Å²) in [6, 6.07) is 16.0. The Hall–Kier alpha value is -1.60. The SMILES string of the molecule is Cc1ccc(C)c(C(C)NC(C)c2ccccc2C)c1. The molecule has 0 aromatic heterocycles. The van der Waals surface area contributed by atoms with Crippen LogP contribution in [0.2, 0.25) is 0 Å². The summed E-state index contributed by atoms with van der Waals surface area (Å²) in [6.07, 6.45) is 0. The maximum absolute atomic E-state index is 3.72. The number of aryl methyl sites for hydroxylation is 3. The van der Waals surface area contributed by atoms with E-state index in [1.54, 1.807) is 0 Å². The van der Waals surface area contributed by atoms with Crippen molar-refractivity contribution >= 4 is 0 Å². The van der Waals surface area contributed by atoms with Crippen molar-refractivity contribution in [1.29, 1.82) is 0 Å². The van der Waals surface area contributed by atoms with Gasteiger partial charge in [-0.2, -0.15) is 0 Å². The van der Waals surface area contributed by atoms with Gasteiger partial charge in [-0.1, -0.05) is 48.0 Å². The van der Waals surface area contributed by atoms with Gasteiger partial charge in [-0.05, 0) is 56.9 Å². The first kappa shape index (κ1) is 14.8. The molecule has 1 heteroatoms. The van der Waals surface area contributed by atoms with Crippen LogP contribution < -0.4 is 5.32 Å². The van der Waals surface area contributed by atoms with Gasteiger partial charge in [0.05, 0.1) is 0 Å².